The van der Waals surface area contributed by atoms with Gasteiger partial charge in [-0.05, 0) is 59.7 Å². The monoisotopic (exact) mass is 414 g/mol. The number of carbonyl (C=O) groups is 1. The zero-order chi connectivity index (χ0) is 15.8. The standard InChI is InChI=1S/C16H19IN2O3/c17-13-2-4-15(5-3-13)22-12-16(20)19(9-1-8-18)14-6-10-21-11-7-14/h2-5,14H,1,6-7,9-12H2. The fourth-order valence-corrected chi connectivity index (χ4v) is 2.80. The van der Waals surface area contributed by atoms with E-state index in [0.29, 0.717) is 31.9 Å². The van der Waals surface area contributed by atoms with E-state index in [4.69, 9.17) is 14.7 Å². The Hall–Kier alpha value is -1.33. The van der Waals surface area contributed by atoms with Crippen LogP contribution in [-0.2, 0) is 9.53 Å². The first-order chi connectivity index (χ1) is 10.7. The highest BCUT2D eigenvalue weighted by molar-refractivity contribution is 14.1. The maximum absolute atomic E-state index is 12.4. The summed E-state index contributed by atoms with van der Waals surface area (Å²) in [7, 11) is 0. The molecule has 0 radical (unpaired) electrons. The van der Waals surface area contributed by atoms with Crippen molar-refractivity contribution >= 4 is 28.5 Å². The molecule has 0 N–H and O–H groups in total. The molecule has 2 rings (SSSR count). The Kier molecular flexibility index (Phi) is 6.93. The Morgan fingerprint density at radius 3 is 2.68 bits per heavy atom. The fourth-order valence-electron chi connectivity index (χ4n) is 2.44. The van der Waals surface area contributed by atoms with Crippen LogP contribution in [0.15, 0.2) is 24.3 Å². The van der Waals surface area contributed by atoms with Gasteiger partial charge in [0, 0.05) is 29.4 Å². The Morgan fingerprint density at radius 1 is 1.36 bits per heavy atom. The summed E-state index contributed by atoms with van der Waals surface area (Å²) in [6, 6.07) is 9.83. The van der Waals surface area contributed by atoms with Crippen LogP contribution in [0.2, 0.25) is 0 Å². The number of nitriles is 1. The zero-order valence-corrected chi connectivity index (χ0v) is 14.5. The molecule has 0 unspecified atom stereocenters. The van der Waals surface area contributed by atoms with E-state index in [1.807, 2.05) is 24.3 Å². The van der Waals surface area contributed by atoms with Crippen LogP contribution in [0.25, 0.3) is 0 Å². The molecule has 118 valence electrons. The predicted molar refractivity (Wildman–Crippen MR) is 90.4 cm³/mol. The molecule has 1 aromatic carbocycles. The molecule has 1 saturated heterocycles. The fraction of sp³-hybridized carbons (Fsp3) is 0.500. The lowest BCUT2D eigenvalue weighted by Gasteiger charge is -2.33. The average molecular weight is 414 g/mol. The number of hydrogen-bond donors (Lipinski definition) is 0. The quantitative estimate of drug-likeness (QED) is 0.672. The van der Waals surface area contributed by atoms with Crippen molar-refractivity contribution in [3.8, 4) is 11.8 Å². The summed E-state index contributed by atoms with van der Waals surface area (Å²) in [6.45, 7) is 1.79. The van der Waals surface area contributed by atoms with E-state index in [2.05, 4.69) is 28.7 Å². The molecule has 1 heterocycles. The van der Waals surface area contributed by atoms with Gasteiger partial charge in [0.25, 0.3) is 5.91 Å². The van der Waals surface area contributed by atoms with Crippen molar-refractivity contribution in [3.05, 3.63) is 27.8 Å². The van der Waals surface area contributed by atoms with Crippen molar-refractivity contribution in [1.82, 2.24) is 4.90 Å². The third-order valence-corrected chi connectivity index (χ3v) is 4.31. The molecule has 0 saturated carbocycles. The van der Waals surface area contributed by atoms with Gasteiger partial charge >= 0.3 is 0 Å². The molecule has 1 fully saturated rings. The molecule has 1 aliphatic rings. The number of nitrogens with zero attached hydrogens (tertiary/aromatic N) is 2. The first-order valence-electron chi connectivity index (χ1n) is 7.33. The molecular weight excluding hydrogens is 395 g/mol. The van der Waals surface area contributed by atoms with Crippen molar-refractivity contribution in [3.63, 3.8) is 0 Å². The summed E-state index contributed by atoms with van der Waals surface area (Å²) < 4.78 is 12.0. The van der Waals surface area contributed by atoms with E-state index in [9.17, 15) is 4.79 Å². The molecule has 0 spiro atoms. The maximum atomic E-state index is 12.4. The third kappa shape index (κ3) is 5.14. The minimum Gasteiger partial charge on any atom is -0.484 e. The first kappa shape index (κ1) is 17.0. The van der Waals surface area contributed by atoms with Gasteiger partial charge in [-0.3, -0.25) is 4.79 Å². The summed E-state index contributed by atoms with van der Waals surface area (Å²) in [4.78, 5) is 14.2. The average Bonchev–Trinajstić information content (AvgIpc) is 2.55. The highest BCUT2D eigenvalue weighted by Crippen LogP contribution is 2.17. The molecule has 6 heteroatoms. The second-order valence-electron chi connectivity index (χ2n) is 5.08. The third-order valence-electron chi connectivity index (χ3n) is 3.59. The predicted octanol–water partition coefficient (Wildman–Crippen LogP) is 2.59. The number of halogens is 1. The van der Waals surface area contributed by atoms with Crippen LogP contribution in [0, 0.1) is 14.9 Å². The van der Waals surface area contributed by atoms with Crippen molar-refractivity contribution in [2.45, 2.75) is 25.3 Å². The number of carbonyl (C=O) groups excluding carboxylic acids is 1. The van der Waals surface area contributed by atoms with E-state index in [-0.39, 0.29) is 18.6 Å². The van der Waals surface area contributed by atoms with Gasteiger partial charge in [-0.25, -0.2) is 0 Å². The van der Waals surface area contributed by atoms with Crippen molar-refractivity contribution < 1.29 is 14.3 Å². The van der Waals surface area contributed by atoms with Gasteiger partial charge in [-0.15, -0.1) is 0 Å². The van der Waals surface area contributed by atoms with E-state index in [1.165, 1.54) is 0 Å². The van der Waals surface area contributed by atoms with Crippen LogP contribution in [0.5, 0.6) is 5.75 Å². The SMILES string of the molecule is N#CCCN(C(=O)COc1ccc(I)cc1)C1CCOCC1. The van der Waals surface area contributed by atoms with Crippen LogP contribution in [0.3, 0.4) is 0 Å². The van der Waals surface area contributed by atoms with Crippen LogP contribution >= 0.6 is 22.6 Å². The van der Waals surface area contributed by atoms with Crippen LogP contribution in [0.4, 0.5) is 0 Å². The minimum atomic E-state index is -0.0688. The van der Waals surface area contributed by atoms with Crippen molar-refractivity contribution in [1.29, 1.82) is 5.26 Å². The number of hydrogen-bond acceptors (Lipinski definition) is 4. The molecular formula is C16H19IN2O3. The van der Waals surface area contributed by atoms with Crippen molar-refractivity contribution in [2.24, 2.45) is 0 Å². The van der Waals surface area contributed by atoms with Crippen LogP contribution in [0.1, 0.15) is 19.3 Å². The Bertz CT molecular complexity index is 521. The second kappa shape index (κ2) is 8.96. The number of amides is 1. The van der Waals surface area contributed by atoms with Gasteiger partial charge < -0.3 is 14.4 Å². The summed E-state index contributed by atoms with van der Waals surface area (Å²) in [5, 5.41) is 8.78. The second-order valence-corrected chi connectivity index (χ2v) is 6.33. The normalized spacial score (nSPS) is 15.1. The lowest BCUT2D eigenvalue weighted by molar-refractivity contribution is -0.137. The van der Waals surface area contributed by atoms with E-state index in [1.54, 1.807) is 4.90 Å². The Labute approximate surface area is 144 Å². The highest BCUT2D eigenvalue weighted by atomic mass is 127. The smallest absolute Gasteiger partial charge is 0.260 e. The van der Waals surface area contributed by atoms with Gasteiger partial charge in [-0.1, -0.05) is 0 Å². The highest BCUT2D eigenvalue weighted by Gasteiger charge is 2.25. The molecule has 1 aromatic rings. The largest absolute Gasteiger partial charge is 0.484 e. The molecule has 0 bridgehead atoms. The number of ether oxygens (including phenoxy) is 2. The summed E-state index contributed by atoms with van der Waals surface area (Å²) in [5.74, 6) is 0.613. The van der Waals surface area contributed by atoms with Crippen molar-refractivity contribution in [2.75, 3.05) is 26.4 Å². The van der Waals surface area contributed by atoms with Gasteiger partial charge in [0.05, 0.1) is 12.5 Å². The topological polar surface area (TPSA) is 62.6 Å². The summed E-state index contributed by atoms with van der Waals surface area (Å²) >= 11 is 2.22. The lowest BCUT2D eigenvalue weighted by atomic mass is 10.1. The molecule has 0 atom stereocenters. The molecule has 5 nitrogen and oxygen atoms in total. The lowest BCUT2D eigenvalue weighted by Crippen LogP contribution is -2.45. The summed E-state index contributed by atoms with van der Waals surface area (Å²) in [6.07, 6.45) is 1.98. The van der Waals surface area contributed by atoms with Gasteiger partial charge in [0.2, 0.25) is 0 Å². The molecule has 1 aliphatic heterocycles. The van der Waals surface area contributed by atoms with E-state index < -0.39 is 0 Å². The van der Waals surface area contributed by atoms with Gasteiger partial charge in [-0.2, -0.15) is 5.26 Å². The molecule has 22 heavy (non-hydrogen) atoms. The summed E-state index contributed by atoms with van der Waals surface area (Å²) in [5.41, 5.74) is 0. The van der Waals surface area contributed by atoms with E-state index in [0.717, 1.165) is 16.4 Å². The minimum absolute atomic E-state index is 0.00335. The Balaban J connectivity index is 1.92. The molecule has 0 aliphatic carbocycles. The van der Waals surface area contributed by atoms with E-state index >= 15 is 0 Å². The van der Waals surface area contributed by atoms with Gasteiger partial charge in [0.15, 0.2) is 6.61 Å². The van der Waals surface area contributed by atoms with Crippen LogP contribution in [-0.4, -0.2) is 43.2 Å². The number of rotatable bonds is 6. The zero-order valence-electron chi connectivity index (χ0n) is 12.3. The van der Waals surface area contributed by atoms with Crippen LogP contribution < -0.4 is 4.74 Å². The Morgan fingerprint density at radius 2 is 2.05 bits per heavy atom. The molecule has 1 amide bonds. The molecule has 0 aromatic heterocycles. The maximum Gasteiger partial charge on any atom is 0.260 e. The first-order valence-corrected chi connectivity index (χ1v) is 8.41. The number of benzene rings is 1. The van der Waals surface area contributed by atoms with Gasteiger partial charge in [0.1, 0.15) is 5.75 Å².